The highest BCUT2D eigenvalue weighted by Gasteiger charge is 2.33. The minimum atomic E-state index is -1.37. The molecule has 0 amide bonds. The van der Waals surface area contributed by atoms with E-state index in [0.29, 0.717) is 26.4 Å². The number of hydrogen-bond donors (Lipinski definition) is 1. The van der Waals surface area contributed by atoms with Gasteiger partial charge >= 0.3 is 17.6 Å². The van der Waals surface area contributed by atoms with E-state index in [9.17, 15) is 14.9 Å². The van der Waals surface area contributed by atoms with E-state index in [2.05, 4.69) is 15.1 Å². The van der Waals surface area contributed by atoms with Crippen LogP contribution in [0.25, 0.3) is 4.85 Å². The van der Waals surface area contributed by atoms with Gasteiger partial charge in [-0.2, -0.15) is 10.4 Å². The first kappa shape index (κ1) is 27.4. The highest BCUT2D eigenvalue weighted by Crippen LogP contribution is 2.25. The summed E-state index contributed by atoms with van der Waals surface area (Å²) >= 11 is 0. The van der Waals surface area contributed by atoms with E-state index in [4.69, 9.17) is 30.6 Å². The van der Waals surface area contributed by atoms with Crippen molar-refractivity contribution in [1.82, 2.24) is 0 Å². The maximum Gasteiger partial charge on any atom is 0.338 e. The number of carboxylic acids is 1. The van der Waals surface area contributed by atoms with Gasteiger partial charge < -0.3 is 24.1 Å². The average molecular weight is 426 g/mol. The smallest absolute Gasteiger partial charge is 0.338 e. The third-order valence-corrected chi connectivity index (χ3v) is 3.89. The summed E-state index contributed by atoms with van der Waals surface area (Å²) < 4.78 is 20.3. The van der Waals surface area contributed by atoms with Crippen molar-refractivity contribution in [3.63, 3.8) is 0 Å². The van der Waals surface area contributed by atoms with E-state index in [1.54, 1.807) is 7.11 Å². The average Bonchev–Trinajstić information content (AvgIpc) is 2.73. The molecular formula is C19H30N4O7. The number of esters is 1. The number of nitrogens with zero attached hydrogens (tertiary/aromatic N) is 4. The molecule has 0 rings (SSSR count). The Morgan fingerprint density at radius 3 is 2.17 bits per heavy atom. The molecular weight excluding hydrogens is 396 g/mol. The first-order chi connectivity index (χ1) is 14.2. The minimum Gasteiger partial charge on any atom is -0.481 e. The van der Waals surface area contributed by atoms with E-state index in [-0.39, 0.29) is 38.9 Å². The Hall–Kier alpha value is -2.60. The van der Waals surface area contributed by atoms with E-state index >= 15 is 0 Å². The molecule has 2 atom stereocenters. The quantitative estimate of drug-likeness (QED) is 0.161. The molecule has 0 aliphatic carbocycles. The molecule has 0 aliphatic rings. The second-order valence-electron chi connectivity index (χ2n) is 6.75. The van der Waals surface area contributed by atoms with Gasteiger partial charge in [-0.05, 0) is 13.3 Å². The number of rotatable bonds is 17. The van der Waals surface area contributed by atoms with Crippen LogP contribution in [-0.4, -0.2) is 75.0 Å². The topological polar surface area (TPSA) is 144 Å². The number of methoxy groups -OCH3 is 1. The largest absolute Gasteiger partial charge is 0.481 e. The number of azo groups is 1. The molecule has 11 heteroatoms. The number of aliphatic carboxylic acids is 1. The molecule has 168 valence electrons. The van der Waals surface area contributed by atoms with Crippen LogP contribution in [0.5, 0.6) is 0 Å². The number of carbonyl (C=O) groups excluding carboxylic acids is 1. The Kier molecular flexibility index (Phi) is 13.9. The fourth-order valence-electron chi connectivity index (χ4n) is 1.91. The van der Waals surface area contributed by atoms with Crippen molar-refractivity contribution in [3.8, 4) is 6.07 Å². The SMILES string of the molecule is [C-]#[N+]C(C)(CCC(=O)O)N=NC(C)(C#N)CCC(=O)OCCOCCOCCOC. The highest BCUT2D eigenvalue weighted by molar-refractivity contribution is 5.69. The molecule has 0 saturated heterocycles. The van der Waals surface area contributed by atoms with Crippen LogP contribution in [0.15, 0.2) is 10.2 Å². The zero-order valence-corrected chi connectivity index (χ0v) is 17.8. The van der Waals surface area contributed by atoms with Gasteiger partial charge in [0.05, 0.1) is 51.9 Å². The predicted octanol–water partition coefficient (Wildman–Crippen LogP) is 2.22. The summed E-state index contributed by atoms with van der Waals surface area (Å²) in [4.78, 5) is 25.8. The zero-order valence-electron chi connectivity index (χ0n) is 17.8. The minimum absolute atomic E-state index is 0.0314. The molecule has 0 aromatic carbocycles. The van der Waals surface area contributed by atoms with Crippen LogP contribution in [0.1, 0.15) is 39.5 Å². The number of ether oxygens (including phenoxy) is 4. The molecule has 0 saturated carbocycles. The van der Waals surface area contributed by atoms with E-state index < -0.39 is 23.1 Å². The summed E-state index contributed by atoms with van der Waals surface area (Å²) in [7, 11) is 1.59. The highest BCUT2D eigenvalue weighted by atomic mass is 16.6. The third kappa shape index (κ3) is 13.6. The summed E-state index contributed by atoms with van der Waals surface area (Å²) in [5.74, 6) is -1.56. The van der Waals surface area contributed by atoms with Gasteiger partial charge in [-0.15, -0.1) is 5.11 Å². The molecule has 0 fully saturated rings. The molecule has 1 N–H and O–H groups in total. The summed E-state index contributed by atoms with van der Waals surface area (Å²) in [5.41, 5.74) is -2.70. The second kappa shape index (κ2) is 15.3. The normalized spacial score (nSPS) is 15.0. The van der Waals surface area contributed by atoms with Crippen molar-refractivity contribution in [3.05, 3.63) is 11.4 Å². The Morgan fingerprint density at radius 1 is 1.03 bits per heavy atom. The molecule has 0 radical (unpaired) electrons. The van der Waals surface area contributed by atoms with Gasteiger partial charge in [0.25, 0.3) is 0 Å². The van der Waals surface area contributed by atoms with Crippen LogP contribution in [0, 0.1) is 17.9 Å². The van der Waals surface area contributed by atoms with Crippen molar-refractivity contribution in [2.75, 3.05) is 46.8 Å². The summed E-state index contributed by atoms with van der Waals surface area (Å²) in [6.07, 6.45) is -0.286. The van der Waals surface area contributed by atoms with Gasteiger partial charge in [0.1, 0.15) is 6.61 Å². The van der Waals surface area contributed by atoms with Gasteiger partial charge in [0.15, 0.2) is 5.54 Å². The number of hydrogen-bond acceptors (Lipinski definition) is 9. The van der Waals surface area contributed by atoms with Gasteiger partial charge in [-0.25, -0.2) is 6.57 Å². The molecule has 0 spiro atoms. The Morgan fingerprint density at radius 2 is 1.63 bits per heavy atom. The Bertz CT molecular complexity index is 644. The van der Waals surface area contributed by atoms with Crippen molar-refractivity contribution in [1.29, 1.82) is 5.26 Å². The maximum atomic E-state index is 11.8. The maximum absolute atomic E-state index is 11.8. The summed E-state index contributed by atoms with van der Waals surface area (Å²) in [6.45, 7) is 12.2. The first-order valence-electron chi connectivity index (χ1n) is 9.46. The van der Waals surface area contributed by atoms with Gasteiger partial charge in [-0.3, -0.25) is 14.4 Å². The van der Waals surface area contributed by atoms with Crippen molar-refractivity contribution < 1.29 is 33.6 Å². The van der Waals surface area contributed by atoms with E-state index in [0.717, 1.165) is 0 Å². The fraction of sp³-hybridized carbons (Fsp3) is 0.789. The Balaban J connectivity index is 4.27. The number of nitriles is 1. The lowest BCUT2D eigenvalue weighted by atomic mass is 9.99. The lowest BCUT2D eigenvalue weighted by Crippen LogP contribution is -2.24. The van der Waals surface area contributed by atoms with Crippen molar-refractivity contribution in [2.24, 2.45) is 10.2 Å². The fourth-order valence-corrected chi connectivity index (χ4v) is 1.91. The molecule has 0 aromatic heterocycles. The summed E-state index contributed by atoms with van der Waals surface area (Å²) in [5, 5.41) is 25.9. The van der Waals surface area contributed by atoms with Crippen LogP contribution < -0.4 is 0 Å². The van der Waals surface area contributed by atoms with Gasteiger partial charge in [0.2, 0.25) is 0 Å². The Labute approximate surface area is 176 Å². The van der Waals surface area contributed by atoms with E-state index in [1.807, 2.05) is 6.07 Å². The number of carbonyl (C=O) groups is 2. The van der Waals surface area contributed by atoms with Gasteiger partial charge in [0, 0.05) is 20.5 Å². The molecule has 0 aromatic rings. The molecule has 0 heterocycles. The predicted molar refractivity (Wildman–Crippen MR) is 104 cm³/mol. The molecule has 2 unspecified atom stereocenters. The second-order valence-corrected chi connectivity index (χ2v) is 6.75. The monoisotopic (exact) mass is 426 g/mol. The van der Waals surface area contributed by atoms with Gasteiger partial charge in [-0.1, -0.05) is 0 Å². The molecule has 11 nitrogen and oxygen atoms in total. The summed E-state index contributed by atoms with van der Waals surface area (Å²) in [6, 6.07) is 1.97. The zero-order chi connectivity index (χ0) is 22.9. The molecule has 0 bridgehead atoms. The lowest BCUT2D eigenvalue weighted by molar-refractivity contribution is -0.145. The van der Waals surface area contributed by atoms with Crippen LogP contribution in [0.3, 0.4) is 0 Å². The van der Waals surface area contributed by atoms with Crippen LogP contribution >= 0.6 is 0 Å². The van der Waals surface area contributed by atoms with E-state index in [1.165, 1.54) is 13.8 Å². The standard InChI is InChI=1S/C19H30N4O7/c1-18(15-20,22-23-19(2,21-3)8-5-16(24)25)7-6-17(26)30-14-13-29-12-11-28-10-9-27-4/h5-14H2,1-2,4H3,(H,24,25). The molecule has 0 aliphatic heterocycles. The number of carboxylic acid groups (broad SMARTS) is 1. The van der Waals surface area contributed by atoms with Crippen LogP contribution in [0.4, 0.5) is 0 Å². The lowest BCUT2D eigenvalue weighted by Gasteiger charge is -2.16. The molecule has 30 heavy (non-hydrogen) atoms. The van der Waals surface area contributed by atoms with Crippen molar-refractivity contribution in [2.45, 2.75) is 50.7 Å². The third-order valence-electron chi connectivity index (χ3n) is 3.89. The van der Waals surface area contributed by atoms with Crippen molar-refractivity contribution >= 4 is 11.9 Å². The van der Waals surface area contributed by atoms with Crippen LogP contribution in [-0.2, 0) is 28.5 Å². The van der Waals surface area contributed by atoms with Crippen LogP contribution in [0.2, 0.25) is 0 Å². The first-order valence-corrected chi connectivity index (χ1v) is 9.46.